The van der Waals surface area contributed by atoms with Gasteiger partial charge in [0.2, 0.25) is 17.7 Å². The summed E-state index contributed by atoms with van der Waals surface area (Å²) in [5.41, 5.74) is 4.39. The third kappa shape index (κ3) is 8.27. The van der Waals surface area contributed by atoms with Crippen LogP contribution in [-0.4, -0.2) is 61.6 Å². The number of hydrogen-bond acceptors (Lipinski definition) is 7. The van der Waals surface area contributed by atoms with Crippen molar-refractivity contribution in [2.24, 2.45) is 0 Å². The Bertz CT molecular complexity index is 1320. The molecular formula is C27H32F2N6O4. The highest BCUT2D eigenvalue weighted by atomic mass is 19.1. The minimum absolute atomic E-state index is 0.106. The number of amides is 2. The lowest BCUT2D eigenvalue weighted by atomic mass is 10.2. The Hall–Kier alpha value is -4.45. The highest BCUT2D eigenvalue weighted by Gasteiger charge is 2.21. The highest BCUT2D eigenvalue weighted by molar-refractivity contribution is 6.08. The molecule has 3 rings (SSSR count). The van der Waals surface area contributed by atoms with E-state index in [1.54, 1.807) is 24.8 Å². The number of carbonyl (C=O) groups excluding carboxylic acids is 2. The Kier molecular flexibility index (Phi) is 9.98. The molecule has 0 saturated heterocycles. The van der Waals surface area contributed by atoms with E-state index in [9.17, 15) is 18.4 Å². The van der Waals surface area contributed by atoms with Crippen LogP contribution in [0, 0.1) is 24.0 Å². The molecule has 0 bridgehead atoms. The number of hydrogen-bond donors (Lipinski definition) is 4. The van der Waals surface area contributed by atoms with Crippen molar-refractivity contribution in [3.05, 3.63) is 71.6 Å². The van der Waals surface area contributed by atoms with Gasteiger partial charge in [0.15, 0.2) is 11.6 Å². The van der Waals surface area contributed by atoms with Gasteiger partial charge in [-0.1, -0.05) is 0 Å². The van der Waals surface area contributed by atoms with Crippen LogP contribution in [0.5, 0.6) is 11.5 Å². The van der Waals surface area contributed by atoms with Gasteiger partial charge >= 0.3 is 0 Å². The molecule has 1 aromatic heterocycles. The Balaban J connectivity index is 1.60. The summed E-state index contributed by atoms with van der Waals surface area (Å²) in [6.07, 6.45) is 1.99. The molecule has 0 unspecified atom stereocenters. The van der Waals surface area contributed by atoms with Crippen molar-refractivity contribution in [2.75, 3.05) is 50.4 Å². The fourth-order valence-corrected chi connectivity index (χ4v) is 3.65. The van der Waals surface area contributed by atoms with Crippen molar-refractivity contribution in [1.29, 1.82) is 5.41 Å². The van der Waals surface area contributed by atoms with E-state index >= 15 is 0 Å². The molecule has 2 aromatic carbocycles. The summed E-state index contributed by atoms with van der Waals surface area (Å²) < 4.78 is 40.7. The molecule has 12 heteroatoms. The largest absolute Gasteiger partial charge is 0.492 e. The third-order valence-corrected chi connectivity index (χ3v) is 5.55. The molecule has 0 atom stereocenters. The molecule has 0 aliphatic heterocycles. The molecule has 0 fully saturated rings. The lowest BCUT2D eigenvalue weighted by Gasteiger charge is -2.13. The number of nitrogens with one attached hydrogen (secondary N) is 4. The van der Waals surface area contributed by atoms with Gasteiger partial charge in [0.25, 0.3) is 0 Å². The number of rotatable bonds is 12. The Morgan fingerprint density at radius 1 is 1.00 bits per heavy atom. The summed E-state index contributed by atoms with van der Waals surface area (Å²) in [6.45, 7) is 3.15. The van der Waals surface area contributed by atoms with Crippen LogP contribution in [0.2, 0.25) is 0 Å². The Morgan fingerprint density at radius 2 is 1.64 bits per heavy atom. The first-order valence-electron chi connectivity index (χ1n) is 12.2. The van der Waals surface area contributed by atoms with Gasteiger partial charge in [-0.15, -0.1) is 0 Å². The minimum Gasteiger partial charge on any atom is -0.492 e. The summed E-state index contributed by atoms with van der Waals surface area (Å²) in [5, 5.41) is 13.3. The van der Waals surface area contributed by atoms with E-state index in [1.165, 1.54) is 36.4 Å². The molecule has 4 N–H and O–H groups in total. The predicted octanol–water partition coefficient (Wildman–Crippen LogP) is 3.95. The zero-order valence-corrected chi connectivity index (χ0v) is 22.2. The first-order chi connectivity index (χ1) is 18.6. The topological polar surface area (TPSA) is 121 Å². The monoisotopic (exact) mass is 542 g/mol. The standard InChI is InChI=1S/C27H32F2N6O4/c1-17-23(38-13-5-12-34(3)4)16-35(31-2)26(17)27(30)39-22-11-10-20(14-21(22)29)33-25(37)15-24(36)32-19-8-6-18(28)7-9-19/h6-11,14,16,30-31H,5,12-13,15H2,1-4H3,(H,32,36)(H,33,37). The summed E-state index contributed by atoms with van der Waals surface area (Å²) >= 11 is 0. The predicted molar refractivity (Wildman–Crippen MR) is 145 cm³/mol. The van der Waals surface area contributed by atoms with Crippen molar-refractivity contribution in [3.8, 4) is 11.5 Å². The van der Waals surface area contributed by atoms with E-state index in [0.29, 0.717) is 29.3 Å². The van der Waals surface area contributed by atoms with E-state index in [4.69, 9.17) is 14.9 Å². The number of nitrogens with zero attached hydrogens (tertiary/aromatic N) is 2. The first-order valence-corrected chi connectivity index (χ1v) is 12.2. The fraction of sp³-hybridized carbons (Fsp3) is 0.296. The van der Waals surface area contributed by atoms with E-state index in [-0.39, 0.29) is 17.3 Å². The zero-order chi connectivity index (χ0) is 28.5. The van der Waals surface area contributed by atoms with Crippen LogP contribution in [0.1, 0.15) is 24.1 Å². The zero-order valence-electron chi connectivity index (χ0n) is 22.2. The Labute approximate surface area is 225 Å². The normalized spacial score (nSPS) is 10.7. The molecule has 0 spiro atoms. The van der Waals surface area contributed by atoms with E-state index < -0.39 is 29.9 Å². The average molecular weight is 543 g/mol. The number of ether oxygens (including phenoxy) is 2. The molecule has 3 aromatic rings. The number of halogens is 2. The number of benzene rings is 2. The van der Waals surface area contributed by atoms with Crippen LogP contribution < -0.4 is 25.5 Å². The summed E-state index contributed by atoms with van der Waals surface area (Å²) in [6, 6.07) is 8.79. The second-order valence-corrected chi connectivity index (χ2v) is 8.92. The average Bonchev–Trinajstić information content (AvgIpc) is 3.19. The van der Waals surface area contributed by atoms with Crippen LogP contribution in [-0.2, 0) is 9.59 Å². The Morgan fingerprint density at radius 3 is 2.26 bits per heavy atom. The van der Waals surface area contributed by atoms with Gasteiger partial charge < -0.3 is 30.4 Å². The van der Waals surface area contributed by atoms with E-state index in [2.05, 4.69) is 21.0 Å². The van der Waals surface area contributed by atoms with E-state index in [0.717, 1.165) is 19.0 Å². The van der Waals surface area contributed by atoms with Gasteiger partial charge in [0, 0.05) is 36.6 Å². The van der Waals surface area contributed by atoms with Gasteiger partial charge in [-0.25, -0.2) is 8.78 Å². The van der Waals surface area contributed by atoms with Gasteiger partial charge in [0.1, 0.15) is 23.7 Å². The maximum absolute atomic E-state index is 14.8. The van der Waals surface area contributed by atoms with Crippen LogP contribution in [0.3, 0.4) is 0 Å². The van der Waals surface area contributed by atoms with Crippen LogP contribution >= 0.6 is 0 Å². The van der Waals surface area contributed by atoms with E-state index in [1.807, 2.05) is 14.1 Å². The van der Waals surface area contributed by atoms with Crippen molar-refractivity contribution < 1.29 is 27.8 Å². The molecule has 2 amide bonds. The molecular weight excluding hydrogens is 510 g/mol. The molecule has 0 aliphatic rings. The van der Waals surface area contributed by atoms with Crippen LogP contribution in [0.25, 0.3) is 0 Å². The number of anilines is 2. The van der Waals surface area contributed by atoms with Gasteiger partial charge in [-0.2, -0.15) is 0 Å². The summed E-state index contributed by atoms with van der Waals surface area (Å²) in [5.74, 6) is -2.50. The highest BCUT2D eigenvalue weighted by Crippen LogP contribution is 2.27. The maximum atomic E-state index is 14.8. The first kappa shape index (κ1) is 29.1. The van der Waals surface area contributed by atoms with Crippen LogP contribution in [0.15, 0.2) is 48.7 Å². The lowest BCUT2D eigenvalue weighted by molar-refractivity contribution is -0.123. The summed E-state index contributed by atoms with van der Waals surface area (Å²) in [4.78, 5) is 26.3. The SMILES string of the molecule is CNn1cc(OCCCN(C)C)c(C)c1C(=N)Oc1ccc(NC(=O)CC(=O)Nc2ccc(F)cc2)cc1F. The quantitative estimate of drug-likeness (QED) is 0.119. The van der Waals surface area contributed by atoms with Crippen molar-refractivity contribution >= 4 is 29.1 Å². The fourth-order valence-electron chi connectivity index (χ4n) is 3.65. The molecule has 39 heavy (non-hydrogen) atoms. The van der Waals surface area contributed by atoms with Crippen molar-refractivity contribution in [1.82, 2.24) is 9.58 Å². The number of carbonyl (C=O) groups is 2. The molecule has 1 heterocycles. The van der Waals surface area contributed by atoms with Crippen LogP contribution in [0.4, 0.5) is 20.2 Å². The third-order valence-electron chi connectivity index (χ3n) is 5.55. The molecule has 0 aliphatic carbocycles. The second-order valence-electron chi connectivity index (χ2n) is 8.92. The maximum Gasteiger partial charge on any atom is 0.238 e. The van der Waals surface area contributed by atoms with Crippen molar-refractivity contribution in [2.45, 2.75) is 19.8 Å². The smallest absolute Gasteiger partial charge is 0.238 e. The van der Waals surface area contributed by atoms with Gasteiger partial charge in [-0.3, -0.25) is 19.7 Å². The van der Waals surface area contributed by atoms with Gasteiger partial charge in [0.05, 0.1) is 12.8 Å². The summed E-state index contributed by atoms with van der Waals surface area (Å²) in [7, 11) is 5.63. The van der Waals surface area contributed by atoms with Gasteiger partial charge in [-0.05, 0) is 63.8 Å². The molecule has 10 nitrogen and oxygen atoms in total. The lowest BCUT2D eigenvalue weighted by Crippen LogP contribution is -2.22. The minimum atomic E-state index is -0.811. The number of aromatic nitrogens is 1. The van der Waals surface area contributed by atoms with Crippen molar-refractivity contribution in [3.63, 3.8) is 0 Å². The second kappa shape index (κ2) is 13.4. The molecule has 0 saturated carbocycles. The molecule has 0 radical (unpaired) electrons. The molecule has 208 valence electrons.